The zero-order valence-electron chi connectivity index (χ0n) is 11.3. The molecule has 1 aliphatic rings. The minimum Gasteiger partial charge on any atom is -0.493 e. The topological polar surface area (TPSA) is 21.3 Å². The summed E-state index contributed by atoms with van der Waals surface area (Å²) in [4.78, 5) is 1.30. The van der Waals surface area contributed by atoms with Gasteiger partial charge in [0.15, 0.2) is 0 Å². The first-order valence-electron chi connectivity index (χ1n) is 6.48. The number of hydrogen-bond donors (Lipinski definition) is 1. The van der Waals surface area contributed by atoms with Gasteiger partial charge in [-0.3, -0.25) is 0 Å². The van der Waals surface area contributed by atoms with E-state index in [0.717, 1.165) is 23.2 Å². The molecule has 1 aromatic carbocycles. The van der Waals surface area contributed by atoms with Crippen LogP contribution >= 0.6 is 43.2 Å². The van der Waals surface area contributed by atoms with Crippen molar-refractivity contribution in [3.05, 3.63) is 48.0 Å². The summed E-state index contributed by atoms with van der Waals surface area (Å²) in [6.07, 6.45) is 0.991. The lowest BCUT2D eigenvalue weighted by Gasteiger charge is -2.18. The maximum absolute atomic E-state index is 5.86. The Kier molecular flexibility index (Phi) is 4.22. The summed E-state index contributed by atoms with van der Waals surface area (Å²) >= 11 is 9.01. The van der Waals surface area contributed by atoms with Crippen molar-refractivity contribution in [1.29, 1.82) is 0 Å². The number of benzene rings is 1. The molecule has 0 saturated heterocycles. The van der Waals surface area contributed by atoms with E-state index in [9.17, 15) is 0 Å². The van der Waals surface area contributed by atoms with Crippen LogP contribution in [-0.4, -0.2) is 13.7 Å². The molecule has 1 unspecified atom stereocenters. The van der Waals surface area contributed by atoms with Crippen molar-refractivity contribution in [2.24, 2.45) is 0 Å². The first-order chi connectivity index (χ1) is 9.60. The predicted octanol–water partition coefficient (Wildman–Crippen LogP) is 4.83. The Balaban J connectivity index is 2.10. The zero-order chi connectivity index (χ0) is 14.3. The zero-order valence-corrected chi connectivity index (χ0v) is 15.3. The number of hydrogen-bond acceptors (Lipinski definition) is 3. The van der Waals surface area contributed by atoms with E-state index in [-0.39, 0.29) is 6.04 Å². The molecular formula is C15H15Br2NOS. The molecule has 5 heteroatoms. The smallest absolute Gasteiger partial charge is 0.127 e. The predicted molar refractivity (Wildman–Crippen MR) is 91.0 cm³/mol. The molecule has 2 aromatic rings. The van der Waals surface area contributed by atoms with Gasteiger partial charge in [0, 0.05) is 21.3 Å². The summed E-state index contributed by atoms with van der Waals surface area (Å²) < 4.78 is 8.17. The fraction of sp³-hybridized carbons (Fsp3) is 0.333. The summed E-state index contributed by atoms with van der Waals surface area (Å²) in [6, 6.07) is 6.72. The maximum Gasteiger partial charge on any atom is 0.127 e. The van der Waals surface area contributed by atoms with Gasteiger partial charge in [0.1, 0.15) is 5.75 Å². The average Bonchev–Trinajstić information content (AvgIpc) is 2.98. The Hall–Kier alpha value is -0.360. The number of aryl methyl sites for hydroxylation is 1. The van der Waals surface area contributed by atoms with E-state index < -0.39 is 0 Å². The summed E-state index contributed by atoms with van der Waals surface area (Å²) in [5.74, 6) is 1.05. The Morgan fingerprint density at radius 3 is 2.75 bits per heavy atom. The average molecular weight is 417 g/mol. The van der Waals surface area contributed by atoms with Gasteiger partial charge < -0.3 is 10.1 Å². The number of thiophene rings is 1. The van der Waals surface area contributed by atoms with E-state index in [0.29, 0.717) is 0 Å². The van der Waals surface area contributed by atoms with Gasteiger partial charge in [-0.1, -0.05) is 15.9 Å². The van der Waals surface area contributed by atoms with Crippen molar-refractivity contribution in [3.8, 4) is 5.75 Å². The van der Waals surface area contributed by atoms with Crippen molar-refractivity contribution in [2.45, 2.75) is 19.4 Å². The van der Waals surface area contributed by atoms with Crippen LogP contribution in [0.4, 0.5) is 0 Å². The number of halogens is 2. The standard InChI is InChI=1S/C15H15Br2NOS/c1-8-5-12(20-15(8)17)13(18-2)11-7-10(16)6-9-3-4-19-14(9)11/h5-7,13,18H,3-4H2,1-2H3. The first-order valence-corrected chi connectivity index (χ1v) is 8.88. The minimum absolute atomic E-state index is 0.161. The van der Waals surface area contributed by atoms with E-state index in [4.69, 9.17) is 4.74 Å². The Labute approximate surface area is 139 Å². The van der Waals surface area contributed by atoms with Crippen LogP contribution in [0.5, 0.6) is 5.75 Å². The Morgan fingerprint density at radius 2 is 2.10 bits per heavy atom. The lowest BCUT2D eigenvalue weighted by Crippen LogP contribution is -2.17. The monoisotopic (exact) mass is 415 g/mol. The molecular weight excluding hydrogens is 402 g/mol. The third-order valence-corrected chi connectivity index (χ3v) is 6.20. The highest BCUT2D eigenvalue weighted by atomic mass is 79.9. The van der Waals surface area contributed by atoms with Gasteiger partial charge in [0.25, 0.3) is 0 Å². The molecule has 2 nitrogen and oxygen atoms in total. The second kappa shape index (κ2) is 5.79. The second-order valence-electron chi connectivity index (χ2n) is 4.91. The van der Waals surface area contributed by atoms with Crippen LogP contribution < -0.4 is 10.1 Å². The lowest BCUT2D eigenvalue weighted by atomic mass is 10.0. The van der Waals surface area contributed by atoms with Gasteiger partial charge in [-0.05, 0) is 59.2 Å². The molecule has 1 atom stereocenters. The molecule has 0 fully saturated rings. The summed E-state index contributed by atoms with van der Waals surface area (Å²) in [5.41, 5.74) is 3.78. The highest BCUT2D eigenvalue weighted by Crippen LogP contribution is 2.41. The van der Waals surface area contributed by atoms with Gasteiger partial charge >= 0.3 is 0 Å². The van der Waals surface area contributed by atoms with Gasteiger partial charge in [0.2, 0.25) is 0 Å². The maximum atomic E-state index is 5.86. The van der Waals surface area contributed by atoms with Crippen LogP contribution in [0, 0.1) is 6.92 Å². The normalized spacial score (nSPS) is 15.0. The fourth-order valence-electron chi connectivity index (χ4n) is 2.59. The molecule has 0 aliphatic carbocycles. The molecule has 3 rings (SSSR count). The van der Waals surface area contributed by atoms with Gasteiger partial charge in [-0.25, -0.2) is 0 Å². The van der Waals surface area contributed by atoms with Crippen molar-refractivity contribution < 1.29 is 4.74 Å². The van der Waals surface area contributed by atoms with Crippen LogP contribution in [0.3, 0.4) is 0 Å². The van der Waals surface area contributed by atoms with E-state index in [1.54, 1.807) is 11.3 Å². The molecule has 2 heterocycles. The van der Waals surface area contributed by atoms with E-state index in [1.807, 2.05) is 7.05 Å². The molecule has 1 aromatic heterocycles. The van der Waals surface area contributed by atoms with Crippen molar-refractivity contribution in [1.82, 2.24) is 5.32 Å². The highest BCUT2D eigenvalue weighted by molar-refractivity contribution is 9.11. The molecule has 0 amide bonds. The van der Waals surface area contributed by atoms with Crippen LogP contribution in [0.1, 0.15) is 27.6 Å². The molecule has 0 saturated carbocycles. The van der Waals surface area contributed by atoms with Gasteiger partial charge in [-0.2, -0.15) is 0 Å². The van der Waals surface area contributed by atoms with Crippen molar-refractivity contribution in [3.63, 3.8) is 0 Å². The number of rotatable bonds is 3. The molecule has 106 valence electrons. The number of nitrogens with one attached hydrogen (secondary N) is 1. The van der Waals surface area contributed by atoms with Gasteiger partial charge in [0.05, 0.1) is 16.4 Å². The van der Waals surface area contributed by atoms with Crippen LogP contribution in [0.15, 0.2) is 26.5 Å². The SMILES string of the molecule is CNC(c1cc(C)c(Br)s1)c1cc(Br)cc2c1OCC2. The molecule has 20 heavy (non-hydrogen) atoms. The Bertz CT molecular complexity index is 634. The molecule has 0 radical (unpaired) electrons. The molecule has 0 spiro atoms. The van der Waals surface area contributed by atoms with Crippen LogP contribution in [0.25, 0.3) is 0 Å². The largest absolute Gasteiger partial charge is 0.493 e. The number of ether oxygens (including phenoxy) is 1. The Morgan fingerprint density at radius 1 is 1.30 bits per heavy atom. The molecule has 1 N–H and O–H groups in total. The summed E-state index contributed by atoms with van der Waals surface area (Å²) in [6.45, 7) is 2.90. The van der Waals surface area contributed by atoms with Crippen LogP contribution in [0.2, 0.25) is 0 Å². The number of fused-ring (bicyclic) bond motifs is 1. The minimum atomic E-state index is 0.161. The van der Waals surface area contributed by atoms with E-state index in [1.165, 1.54) is 25.4 Å². The third-order valence-electron chi connectivity index (χ3n) is 3.54. The fourth-order valence-corrected chi connectivity index (χ4v) is 4.81. The highest BCUT2D eigenvalue weighted by Gasteiger charge is 2.25. The van der Waals surface area contributed by atoms with Crippen LogP contribution in [-0.2, 0) is 6.42 Å². The quantitative estimate of drug-likeness (QED) is 0.773. The second-order valence-corrected chi connectivity index (χ2v) is 8.23. The van der Waals surface area contributed by atoms with E-state index >= 15 is 0 Å². The van der Waals surface area contributed by atoms with Crippen molar-refractivity contribution >= 4 is 43.2 Å². The first kappa shape index (κ1) is 14.6. The van der Waals surface area contributed by atoms with E-state index in [2.05, 4.69) is 62.3 Å². The van der Waals surface area contributed by atoms with Crippen molar-refractivity contribution in [2.75, 3.05) is 13.7 Å². The van der Waals surface area contributed by atoms with Gasteiger partial charge in [-0.15, -0.1) is 11.3 Å². The third kappa shape index (κ3) is 2.56. The lowest BCUT2D eigenvalue weighted by molar-refractivity contribution is 0.351. The molecule has 1 aliphatic heterocycles. The summed E-state index contributed by atoms with van der Waals surface area (Å²) in [7, 11) is 2.00. The molecule has 0 bridgehead atoms. The summed E-state index contributed by atoms with van der Waals surface area (Å²) in [5, 5.41) is 3.42.